The third kappa shape index (κ3) is 4.06. The van der Waals surface area contributed by atoms with E-state index in [1.807, 2.05) is 12.1 Å². The fourth-order valence-corrected chi connectivity index (χ4v) is 2.44. The summed E-state index contributed by atoms with van der Waals surface area (Å²) in [5.41, 5.74) is 1.13. The summed E-state index contributed by atoms with van der Waals surface area (Å²) in [6.45, 7) is 4.72. The van der Waals surface area contributed by atoms with Gasteiger partial charge in [0.15, 0.2) is 5.75 Å². The van der Waals surface area contributed by atoms with Crippen LogP contribution in [0.5, 0.6) is 23.0 Å². The number of nitrogens with one attached hydrogen (secondary N) is 1. The standard InChI is InChI=1S/C19H19ClN2O3/c1-12(2)11-24-13-7-8-14(16(23)9-13)19-18(10-21-22-19)25-17-6-4-3-5-15(17)20/h3-10,12,23H,11H2,1-2H3,(H,21,22). The number of rotatable bonds is 6. The third-order valence-electron chi connectivity index (χ3n) is 3.48. The van der Waals surface area contributed by atoms with Crippen LogP contribution in [-0.2, 0) is 0 Å². The zero-order valence-electron chi connectivity index (χ0n) is 14.0. The van der Waals surface area contributed by atoms with Gasteiger partial charge in [-0.1, -0.05) is 37.6 Å². The summed E-state index contributed by atoms with van der Waals surface area (Å²) in [4.78, 5) is 0. The molecule has 0 unspecified atom stereocenters. The number of aromatic nitrogens is 2. The van der Waals surface area contributed by atoms with Gasteiger partial charge in [0.05, 0.1) is 17.8 Å². The van der Waals surface area contributed by atoms with E-state index >= 15 is 0 Å². The van der Waals surface area contributed by atoms with Gasteiger partial charge in [0.1, 0.15) is 22.9 Å². The Morgan fingerprint density at radius 3 is 2.68 bits per heavy atom. The van der Waals surface area contributed by atoms with Crippen LogP contribution >= 0.6 is 11.6 Å². The fraction of sp³-hybridized carbons (Fsp3) is 0.211. The van der Waals surface area contributed by atoms with Gasteiger partial charge >= 0.3 is 0 Å². The minimum Gasteiger partial charge on any atom is -0.507 e. The molecule has 2 N–H and O–H groups in total. The van der Waals surface area contributed by atoms with Crippen LogP contribution in [0.1, 0.15) is 13.8 Å². The molecular weight excluding hydrogens is 340 g/mol. The van der Waals surface area contributed by atoms with Crippen molar-refractivity contribution in [1.82, 2.24) is 10.2 Å². The van der Waals surface area contributed by atoms with Crippen LogP contribution in [-0.4, -0.2) is 21.9 Å². The van der Waals surface area contributed by atoms with E-state index in [4.69, 9.17) is 21.1 Å². The number of para-hydroxylation sites is 1. The van der Waals surface area contributed by atoms with Crippen molar-refractivity contribution in [3.05, 3.63) is 53.7 Å². The van der Waals surface area contributed by atoms with Gasteiger partial charge < -0.3 is 14.6 Å². The highest BCUT2D eigenvalue weighted by Crippen LogP contribution is 2.39. The first-order valence-corrected chi connectivity index (χ1v) is 8.34. The van der Waals surface area contributed by atoms with E-state index in [2.05, 4.69) is 24.0 Å². The average Bonchev–Trinajstić information content (AvgIpc) is 3.03. The Labute approximate surface area is 151 Å². The Morgan fingerprint density at radius 1 is 1.16 bits per heavy atom. The molecule has 0 saturated heterocycles. The molecule has 6 heteroatoms. The molecule has 1 aromatic heterocycles. The molecule has 3 rings (SSSR count). The Morgan fingerprint density at radius 2 is 1.96 bits per heavy atom. The first kappa shape index (κ1) is 17.2. The summed E-state index contributed by atoms with van der Waals surface area (Å²) >= 11 is 6.13. The monoisotopic (exact) mass is 358 g/mol. The van der Waals surface area contributed by atoms with Gasteiger partial charge in [-0.3, -0.25) is 5.10 Å². The molecule has 0 saturated carbocycles. The summed E-state index contributed by atoms with van der Waals surface area (Å²) in [5, 5.41) is 17.7. The zero-order valence-corrected chi connectivity index (χ0v) is 14.7. The maximum Gasteiger partial charge on any atom is 0.173 e. The predicted molar refractivity (Wildman–Crippen MR) is 97.5 cm³/mol. The second-order valence-corrected chi connectivity index (χ2v) is 6.43. The lowest BCUT2D eigenvalue weighted by atomic mass is 10.1. The number of aromatic hydroxyl groups is 1. The van der Waals surface area contributed by atoms with Crippen LogP contribution in [0.3, 0.4) is 0 Å². The summed E-state index contributed by atoms with van der Waals surface area (Å²) < 4.78 is 11.5. The van der Waals surface area contributed by atoms with E-state index in [0.29, 0.717) is 46.1 Å². The average molecular weight is 359 g/mol. The van der Waals surface area contributed by atoms with Crippen LogP contribution in [0.25, 0.3) is 11.3 Å². The number of H-pyrrole nitrogens is 1. The van der Waals surface area contributed by atoms with Crippen LogP contribution < -0.4 is 9.47 Å². The zero-order chi connectivity index (χ0) is 17.8. The Kier molecular flexibility index (Phi) is 5.14. The van der Waals surface area contributed by atoms with Crippen molar-refractivity contribution >= 4 is 11.6 Å². The van der Waals surface area contributed by atoms with E-state index in [9.17, 15) is 5.11 Å². The fourth-order valence-electron chi connectivity index (χ4n) is 2.27. The predicted octanol–water partition coefficient (Wildman–Crippen LogP) is 5.26. The van der Waals surface area contributed by atoms with Gasteiger partial charge in [0, 0.05) is 11.6 Å². The molecule has 0 bridgehead atoms. The number of ether oxygens (including phenoxy) is 2. The quantitative estimate of drug-likeness (QED) is 0.630. The van der Waals surface area contributed by atoms with Crippen molar-refractivity contribution < 1.29 is 14.6 Å². The van der Waals surface area contributed by atoms with E-state index in [-0.39, 0.29) is 5.75 Å². The molecule has 0 aliphatic rings. The molecule has 0 spiro atoms. The van der Waals surface area contributed by atoms with Crippen LogP contribution in [0.2, 0.25) is 5.02 Å². The first-order chi connectivity index (χ1) is 12.0. The van der Waals surface area contributed by atoms with Gasteiger partial charge in [-0.05, 0) is 30.2 Å². The Bertz CT molecular complexity index is 861. The Balaban J connectivity index is 1.86. The van der Waals surface area contributed by atoms with Gasteiger partial charge in [-0.25, -0.2) is 0 Å². The molecule has 0 aliphatic heterocycles. The van der Waals surface area contributed by atoms with Crippen molar-refractivity contribution in [2.24, 2.45) is 5.92 Å². The van der Waals surface area contributed by atoms with E-state index in [1.54, 1.807) is 36.5 Å². The molecule has 25 heavy (non-hydrogen) atoms. The number of halogens is 1. The van der Waals surface area contributed by atoms with Gasteiger partial charge in [-0.15, -0.1) is 0 Å². The number of benzene rings is 2. The van der Waals surface area contributed by atoms with Crippen molar-refractivity contribution in [3.63, 3.8) is 0 Å². The normalized spacial score (nSPS) is 10.9. The highest BCUT2D eigenvalue weighted by atomic mass is 35.5. The van der Waals surface area contributed by atoms with E-state index in [1.165, 1.54) is 0 Å². The number of hydrogen-bond acceptors (Lipinski definition) is 4. The number of aromatic amines is 1. The molecule has 130 valence electrons. The summed E-state index contributed by atoms with van der Waals surface area (Å²) in [5.74, 6) is 2.09. The largest absolute Gasteiger partial charge is 0.507 e. The SMILES string of the molecule is CC(C)COc1ccc(-c2[nH]ncc2Oc2ccccc2Cl)c(O)c1. The number of hydrogen-bond donors (Lipinski definition) is 2. The minimum absolute atomic E-state index is 0.0783. The number of phenolic OH excluding ortho intramolecular Hbond substituents is 1. The molecular formula is C19H19ClN2O3. The van der Waals surface area contributed by atoms with Gasteiger partial charge in [-0.2, -0.15) is 5.10 Å². The summed E-state index contributed by atoms with van der Waals surface area (Å²) in [7, 11) is 0. The summed E-state index contributed by atoms with van der Waals surface area (Å²) in [6, 6.07) is 12.3. The van der Waals surface area contributed by atoms with Crippen LogP contribution in [0.4, 0.5) is 0 Å². The topological polar surface area (TPSA) is 67.4 Å². The van der Waals surface area contributed by atoms with Gasteiger partial charge in [0.2, 0.25) is 0 Å². The molecule has 0 amide bonds. The molecule has 2 aromatic carbocycles. The van der Waals surface area contributed by atoms with Crippen LogP contribution in [0.15, 0.2) is 48.7 Å². The second-order valence-electron chi connectivity index (χ2n) is 6.03. The molecule has 1 heterocycles. The first-order valence-electron chi connectivity index (χ1n) is 7.96. The molecule has 3 aromatic rings. The van der Waals surface area contributed by atoms with Crippen molar-refractivity contribution in [2.45, 2.75) is 13.8 Å². The van der Waals surface area contributed by atoms with E-state index in [0.717, 1.165) is 0 Å². The molecule has 0 radical (unpaired) electrons. The molecule has 0 atom stereocenters. The maximum absolute atomic E-state index is 10.4. The highest BCUT2D eigenvalue weighted by molar-refractivity contribution is 6.32. The number of nitrogens with zero attached hydrogens (tertiary/aromatic N) is 1. The smallest absolute Gasteiger partial charge is 0.173 e. The third-order valence-corrected chi connectivity index (χ3v) is 3.80. The minimum atomic E-state index is 0.0783. The maximum atomic E-state index is 10.4. The molecule has 5 nitrogen and oxygen atoms in total. The second kappa shape index (κ2) is 7.49. The molecule has 0 aliphatic carbocycles. The Hall–Kier alpha value is -2.66. The lowest BCUT2D eigenvalue weighted by molar-refractivity contribution is 0.270. The van der Waals surface area contributed by atoms with Gasteiger partial charge in [0.25, 0.3) is 0 Å². The van der Waals surface area contributed by atoms with E-state index < -0.39 is 0 Å². The molecule has 0 fully saturated rings. The van der Waals surface area contributed by atoms with Crippen LogP contribution in [0, 0.1) is 5.92 Å². The lowest BCUT2D eigenvalue weighted by Crippen LogP contribution is -2.04. The highest BCUT2D eigenvalue weighted by Gasteiger charge is 2.15. The van der Waals surface area contributed by atoms with Crippen molar-refractivity contribution in [3.8, 4) is 34.3 Å². The van der Waals surface area contributed by atoms with Crippen molar-refractivity contribution in [1.29, 1.82) is 0 Å². The lowest BCUT2D eigenvalue weighted by Gasteiger charge is -2.11. The van der Waals surface area contributed by atoms with Crippen molar-refractivity contribution in [2.75, 3.05) is 6.61 Å². The number of phenols is 1. The summed E-state index contributed by atoms with van der Waals surface area (Å²) in [6.07, 6.45) is 1.54.